The normalized spacial score (nSPS) is 12.9. The van der Waals surface area contributed by atoms with Gasteiger partial charge in [-0.1, -0.05) is 0 Å². The number of rotatable bonds is 2. The van der Waals surface area contributed by atoms with Gasteiger partial charge in [0, 0.05) is 0 Å². The summed E-state index contributed by atoms with van der Waals surface area (Å²) in [6.07, 6.45) is -11.6. The molecule has 0 spiro atoms. The molecule has 0 N–H and O–H groups in total. The quantitative estimate of drug-likeness (QED) is 0.594. The SMILES string of the molecule is FC(F)=CC(F)(F)CC(F)(F)F. The Morgan fingerprint density at radius 3 is 1.67 bits per heavy atom. The van der Waals surface area contributed by atoms with E-state index in [-0.39, 0.29) is 0 Å². The van der Waals surface area contributed by atoms with E-state index in [9.17, 15) is 30.7 Å². The molecule has 0 aliphatic carbocycles. The molecular formula is C5H3F7. The average Bonchev–Trinajstić information content (AvgIpc) is 1.48. The predicted molar refractivity (Wildman–Crippen MR) is 25.9 cm³/mol. The van der Waals surface area contributed by atoms with E-state index >= 15 is 0 Å². The van der Waals surface area contributed by atoms with E-state index in [0.717, 1.165) is 0 Å². The first-order valence-electron chi connectivity index (χ1n) is 2.61. The minimum absolute atomic E-state index is 1.01. The van der Waals surface area contributed by atoms with Crippen molar-refractivity contribution in [2.24, 2.45) is 0 Å². The molecular weight excluding hydrogens is 193 g/mol. The highest BCUT2D eigenvalue weighted by atomic mass is 19.4. The van der Waals surface area contributed by atoms with Crippen molar-refractivity contribution >= 4 is 0 Å². The zero-order valence-electron chi connectivity index (χ0n) is 5.43. The maximum atomic E-state index is 11.9. The van der Waals surface area contributed by atoms with Gasteiger partial charge in [0.15, 0.2) is 0 Å². The van der Waals surface area contributed by atoms with Crippen LogP contribution in [0.5, 0.6) is 0 Å². The summed E-state index contributed by atoms with van der Waals surface area (Å²) >= 11 is 0. The van der Waals surface area contributed by atoms with Gasteiger partial charge in [0.05, 0.1) is 6.08 Å². The van der Waals surface area contributed by atoms with Gasteiger partial charge in [0.1, 0.15) is 6.42 Å². The van der Waals surface area contributed by atoms with Crippen molar-refractivity contribution in [2.75, 3.05) is 0 Å². The van der Waals surface area contributed by atoms with Crippen molar-refractivity contribution in [3.8, 4) is 0 Å². The largest absolute Gasteiger partial charge is 0.395 e. The predicted octanol–water partition coefficient (Wildman–Crippen LogP) is 3.35. The van der Waals surface area contributed by atoms with Crippen molar-refractivity contribution < 1.29 is 30.7 Å². The third-order valence-electron chi connectivity index (χ3n) is 0.756. The molecule has 12 heavy (non-hydrogen) atoms. The summed E-state index contributed by atoms with van der Waals surface area (Å²) in [7, 11) is 0. The fourth-order valence-electron chi connectivity index (χ4n) is 0.478. The molecule has 0 radical (unpaired) electrons. The Morgan fingerprint density at radius 2 is 1.42 bits per heavy atom. The van der Waals surface area contributed by atoms with Crippen LogP contribution in [0, 0.1) is 0 Å². The zero-order valence-corrected chi connectivity index (χ0v) is 5.43. The van der Waals surface area contributed by atoms with Crippen LogP contribution in [0.4, 0.5) is 30.7 Å². The molecule has 0 fully saturated rings. The Labute approximate surface area is 62.7 Å². The number of halogens is 7. The van der Waals surface area contributed by atoms with E-state index in [4.69, 9.17) is 0 Å². The first-order chi connectivity index (χ1) is 5.12. The van der Waals surface area contributed by atoms with E-state index in [0.29, 0.717) is 0 Å². The van der Waals surface area contributed by atoms with Crippen LogP contribution in [-0.2, 0) is 0 Å². The van der Waals surface area contributed by atoms with Crippen molar-refractivity contribution in [1.29, 1.82) is 0 Å². The maximum absolute atomic E-state index is 11.9. The first-order valence-corrected chi connectivity index (χ1v) is 2.61. The molecule has 0 aliphatic heterocycles. The third-order valence-corrected chi connectivity index (χ3v) is 0.756. The number of hydrogen-bond donors (Lipinski definition) is 0. The Kier molecular flexibility index (Phi) is 3.11. The molecule has 0 rings (SSSR count). The Hall–Kier alpha value is -0.750. The first kappa shape index (κ1) is 11.2. The van der Waals surface area contributed by atoms with Gasteiger partial charge in [-0.15, -0.1) is 0 Å². The van der Waals surface area contributed by atoms with Crippen LogP contribution in [0.25, 0.3) is 0 Å². The summed E-state index contributed by atoms with van der Waals surface area (Å²) in [5, 5.41) is 0. The smallest absolute Gasteiger partial charge is 0.201 e. The molecule has 0 bridgehead atoms. The fourth-order valence-corrected chi connectivity index (χ4v) is 0.478. The second-order valence-corrected chi connectivity index (χ2v) is 1.99. The van der Waals surface area contributed by atoms with Crippen LogP contribution in [0.2, 0.25) is 0 Å². The summed E-state index contributed by atoms with van der Waals surface area (Å²) < 4.78 is 79.8. The number of alkyl halides is 5. The molecule has 7 heteroatoms. The molecule has 0 aromatic carbocycles. The van der Waals surface area contributed by atoms with Gasteiger partial charge in [0.25, 0.3) is 12.0 Å². The molecule has 0 amide bonds. The molecule has 0 aromatic rings. The summed E-state index contributed by atoms with van der Waals surface area (Å²) in [5.74, 6) is -4.53. The van der Waals surface area contributed by atoms with Crippen LogP contribution >= 0.6 is 0 Å². The van der Waals surface area contributed by atoms with Gasteiger partial charge in [0.2, 0.25) is 0 Å². The molecule has 72 valence electrons. The zero-order chi connectivity index (χ0) is 9.99. The second kappa shape index (κ2) is 3.32. The van der Waals surface area contributed by atoms with Crippen molar-refractivity contribution in [3.05, 3.63) is 12.2 Å². The summed E-state index contributed by atoms with van der Waals surface area (Å²) in [6, 6.07) is 0. The Balaban J connectivity index is 4.34. The third kappa shape index (κ3) is 5.99. The summed E-state index contributed by atoms with van der Waals surface area (Å²) in [5.41, 5.74) is 0. The van der Waals surface area contributed by atoms with Gasteiger partial charge >= 0.3 is 6.18 Å². The van der Waals surface area contributed by atoms with Crippen LogP contribution in [0.15, 0.2) is 12.2 Å². The number of hydrogen-bond acceptors (Lipinski definition) is 0. The lowest BCUT2D eigenvalue weighted by Crippen LogP contribution is -2.23. The minimum Gasteiger partial charge on any atom is -0.201 e. The lowest BCUT2D eigenvalue weighted by Gasteiger charge is -2.12. The van der Waals surface area contributed by atoms with Crippen molar-refractivity contribution in [1.82, 2.24) is 0 Å². The molecule has 0 atom stereocenters. The molecule has 0 aliphatic rings. The van der Waals surface area contributed by atoms with E-state index in [1.165, 1.54) is 0 Å². The highest BCUT2D eigenvalue weighted by Gasteiger charge is 2.42. The Morgan fingerprint density at radius 1 is 1.00 bits per heavy atom. The van der Waals surface area contributed by atoms with E-state index in [1.54, 1.807) is 0 Å². The van der Waals surface area contributed by atoms with Crippen molar-refractivity contribution in [2.45, 2.75) is 18.5 Å². The molecule has 0 heterocycles. The molecule has 0 saturated heterocycles. The summed E-state index contributed by atoms with van der Waals surface area (Å²) in [6.45, 7) is 0. The molecule has 0 saturated carbocycles. The Bertz CT molecular complexity index is 173. The van der Waals surface area contributed by atoms with Crippen LogP contribution in [0.1, 0.15) is 6.42 Å². The standard InChI is InChI=1S/C5H3F7/c6-3(7)1-4(8,9)2-5(10,11)12/h1H,2H2. The van der Waals surface area contributed by atoms with E-state index in [2.05, 4.69) is 0 Å². The van der Waals surface area contributed by atoms with Crippen LogP contribution in [0.3, 0.4) is 0 Å². The van der Waals surface area contributed by atoms with Gasteiger partial charge in [-0.05, 0) is 0 Å². The minimum atomic E-state index is -5.16. The van der Waals surface area contributed by atoms with Gasteiger partial charge < -0.3 is 0 Å². The molecule has 0 nitrogen and oxygen atoms in total. The van der Waals surface area contributed by atoms with Gasteiger partial charge in [-0.2, -0.15) is 22.0 Å². The molecule has 0 unspecified atom stereocenters. The maximum Gasteiger partial charge on any atom is 0.395 e. The topological polar surface area (TPSA) is 0 Å². The average molecular weight is 196 g/mol. The van der Waals surface area contributed by atoms with Crippen LogP contribution in [-0.4, -0.2) is 12.1 Å². The number of allylic oxidation sites excluding steroid dienone is 1. The molecule has 0 aromatic heterocycles. The van der Waals surface area contributed by atoms with Gasteiger partial charge in [-0.25, -0.2) is 8.78 Å². The van der Waals surface area contributed by atoms with E-state index < -0.39 is 30.7 Å². The van der Waals surface area contributed by atoms with E-state index in [1.807, 2.05) is 0 Å². The monoisotopic (exact) mass is 196 g/mol. The lowest BCUT2D eigenvalue weighted by molar-refractivity contribution is -0.175. The lowest BCUT2D eigenvalue weighted by atomic mass is 10.2. The second-order valence-electron chi connectivity index (χ2n) is 1.99. The highest BCUT2D eigenvalue weighted by molar-refractivity contribution is 4.95. The highest BCUT2D eigenvalue weighted by Crippen LogP contribution is 2.33. The van der Waals surface area contributed by atoms with Crippen LogP contribution < -0.4 is 0 Å². The summed E-state index contributed by atoms with van der Waals surface area (Å²) in [4.78, 5) is 0. The fraction of sp³-hybridized carbons (Fsp3) is 0.600. The van der Waals surface area contributed by atoms with Gasteiger partial charge in [-0.3, -0.25) is 0 Å². The van der Waals surface area contributed by atoms with Crippen molar-refractivity contribution in [3.63, 3.8) is 0 Å².